The van der Waals surface area contributed by atoms with Gasteiger partial charge in [0.05, 0.1) is 0 Å². The highest BCUT2D eigenvalue weighted by molar-refractivity contribution is 6.28. The molecule has 2 rings (SSSR count). The molecule has 0 fully saturated rings. The van der Waals surface area contributed by atoms with Crippen LogP contribution in [-0.2, 0) is 6.42 Å². The summed E-state index contributed by atoms with van der Waals surface area (Å²) in [5.74, 6) is 0.961. The molecule has 0 amide bonds. The molecule has 5 nitrogen and oxygen atoms in total. The predicted molar refractivity (Wildman–Crippen MR) is 77.6 cm³/mol. The number of aryl methyl sites for hydroxylation is 1. The van der Waals surface area contributed by atoms with Gasteiger partial charge in [-0.05, 0) is 30.0 Å². The van der Waals surface area contributed by atoms with Crippen LogP contribution in [0.1, 0.15) is 12.0 Å². The predicted octanol–water partition coefficient (Wildman–Crippen LogP) is 2.61. The minimum Gasteiger partial charge on any atom is -0.357 e. The van der Waals surface area contributed by atoms with E-state index in [1.54, 1.807) is 7.05 Å². The average molecular weight is 278 g/mol. The Morgan fingerprint density at radius 1 is 1.05 bits per heavy atom. The van der Waals surface area contributed by atoms with Crippen LogP contribution in [0.15, 0.2) is 30.3 Å². The van der Waals surface area contributed by atoms with E-state index >= 15 is 0 Å². The summed E-state index contributed by atoms with van der Waals surface area (Å²) >= 11 is 5.80. The van der Waals surface area contributed by atoms with Crippen molar-refractivity contribution in [1.82, 2.24) is 15.0 Å². The van der Waals surface area contributed by atoms with Crippen LogP contribution in [0.3, 0.4) is 0 Å². The van der Waals surface area contributed by atoms with Gasteiger partial charge in [-0.1, -0.05) is 30.3 Å². The fourth-order valence-corrected chi connectivity index (χ4v) is 1.84. The minimum atomic E-state index is 0.185. The van der Waals surface area contributed by atoms with Gasteiger partial charge in [-0.15, -0.1) is 0 Å². The minimum absolute atomic E-state index is 0.185. The molecule has 0 aliphatic rings. The number of hydrogen-bond acceptors (Lipinski definition) is 5. The Bertz CT molecular complexity index is 518. The fourth-order valence-electron chi connectivity index (χ4n) is 1.68. The maximum Gasteiger partial charge on any atom is 0.228 e. The molecule has 0 aliphatic heterocycles. The van der Waals surface area contributed by atoms with Crippen molar-refractivity contribution in [3.8, 4) is 0 Å². The summed E-state index contributed by atoms with van der Waals surface area (Å²) in [5, 5.41) is 6.17. The smallest absolute Gasteiger partial charge is 0.228 e. The molecule has 0 radical (unpaired) electrons. The van der Waals surface area contributed by atoms with Gasteiger partial charge in [0.1, 0.15) is 0 Å². The van der Waals surface area contributed by atoms with Crippen LogP contribution in [0.4, 0.5) is 11.9 Å². The Balaban J connectivity index is 1.81. The molecule has 100 valence electrons. The van der Waals surface area contributed by atoms with E-state index in [0.717, 1.165) is 19.4 Å². The summed E-state index contributed by atoms with van der Waals surface area (Å²) in [4.78, 5) is 12.1. The molecule has 0 bridgehead atoms. The van der Waals surface area contributed by atoms with Gasteiger partial charge >= 0.3 is 0 Å². The van der Waals surface area contributed by atoms with Crippen LogP contribution in [0.2, 0.25) is 5.28 Å². The molecule has 0 saturated carbocycles. The summed E-state index contributed by atoms with van der Waals surface area (Å²) in [6, 6.07) is 10.4. The molecule has 0 spiro atoms. The summed E-state index contributed by atoms with van der Waals surface area (Å²) in [6.07, 6.45) is 2.02. The van der Waals surface area contributed by atoms with Crippen LogP contribution in [0.5, 0.6) is 0 Å². The zero-order chi connectivity index (χ0) is 13.5. The molecule has 1 aromatic heterocycles. The SMILES string of the molecule is CNc1nc(Cl)nc(NCCCc2ccccc2)n1. The topological polar surface area (TPSA) is 62.7 Å². The molecule has 0 saturated heterocycles. The second-order valence-electron chi connectivity index (χ2n) is 4.02. The van der Waals surface area contributed by atoms with Crippen LogP contribution < -0.4 is 10.6 Å². The van der Waals surface area contributed by atoms with Crippen molar-refractivity contribution in [2.24, 2.45) is 0 Å². The monoisotopic (exact) mass is 277 g/mol. The lowest BCUT2D eigenvalue weighted by molar-refractivity contribution is 0.850. The highest BCUT2D eigenvalue weighted by atomic mass is 35.5. The van der Waals surface area contributed by atoms with Gasteiger partial charge in [0.25, 0.3) is 0 Å². The van der Waals surface area contributed by atoms with E-state index < -0.39 is 0 Å². The summed E-state index contributed by atoms with van der Waals surface area (Å²) < 4.78 is 0. The number of nitrogens with one attached hydrogen (secondary N) is 2. The third kappa shape index (κ3) is 4.37. The standard InChI is InChI=1S/C13H16ClN5/c1-15-12-17-11(14)18-13(19-12)16-9-5-8-10-6-3-2-4-7-10/h2-4,6-7H,5,8-9H2,1H3,(H2,15,16,17,18,19). The number of benzene rings is 1. The molecule has 2 N–H and O–H groups in total. The number of anilines is 2. The first-order chi connectivity index (χ1) is 9.28. The van der Waals surface area contributed by atoms with Crippen LogP contribution in [0.25, 0.3) is 0 Å². The molecular weight excluding hydrogens is 262 g/mol. The molecule has 19 heavy (non-hydrogen) atoms. The van der Waals surface area contributed by atoms with Crippen molar-refractivity contribution in [3.05, 3.63) is 41.2 Å². The van der Waals surface area contributed by atoms with E-state index in [-0.39, 0.29) is 5.28 Å². The van der Waals surface area contributed by atoms with Gasteiger partial charge in [-0.3, -0.25) is 0 Å². The molecule has 0 unspecified atom stereocenters. The van der Waals surface area contributed by atoms with Gasteiger partial charge in [-0.25, -0.2) is 0 Å². The van der Waals surface area contributed by atoms with E-state index in [1.807, 2.05) is 18.2 Å². The first-order valence-corrected chi connectivity index (χ1v) is 6.53. The largest absolute Gasteiger partial charge is 0.357 e. The molecule has 6 heteroatoms. The molecular formula is C13H16ClN5. The second-order valence-corrected chi connectivity index (χ2v) is 4.36. The van der Waals surface area contributed by atoms with E-state index in [1.165, 1.54) is 5.56 Å². The molecule has 0 aliphatic carbocycles. The zero-order valence-corrected chi connectivity index (χ0v) is 11.5. The molecule has 1 aromatic carbocycles. The highest BCUT2D eigenvalue weighted by Crippen LogP contribution is 2.09. The van der Waals surface area contributed by atoms with Crippen molar-refractivity contribution in [1.29, 1.82) is 0 Å². The van der Waals surface area contributed by atoms with Gasteiger partial charge in [0.2, 0.25) is 17.2 Å². The highest BCUT2D eigenvalue weighted by Gasteiger charge is 2.02. The van der Waals surface area contributed by atoms with Crippen molar-refractivity contribution >= 4 is 23.5 Å². The second kappa shape index (κ2) is 6.89. The van der Waals surface area contributed by atoms with Gasteiger partial charge in [0.15, 0.2) is 0 Å². The maximum absolute atomic E-state index is 5.80. The van der Waals surface area contributed by atoms with Gasteiger partial charge < -0.3 is 10.6 Å². The quantitative estimate of drug-likeness (QED) is 0.795. The van der Waals surface area contributed by atoms with Gasteiger partial charge in [-0.2, -0.15) is 15.0 Å². The molecule has 1 heterocycles. The lowest BCUT2D eigenvalue weighted by Gasteiger charge is -2.06. The van der Waals surface area contributed by atoms with E-state index in [2.05, 4.69) is 37.7 Å². The Morgan fingerprint density at radius 2 is 1.79 bits per heavy atom. The maximum atomic E-state index is 5.80. The third-order valence-electron chi connectivity index (χ3n) is 2.60. The average Bonchev–Trinajstić information content (AvgIpc) is 2.44. The summed E-state index contributed by atoms with van der Waals surface area (Å²) in [6.45, 7) is 0.790. The van der Waals surface area contributed by atoms with Crippen LogP contribution in [-0.4, -0.2) is 28.5 Å². The lowest BCUT2D eigenvalue weighted by atomic mass is 10.1. The number of aromatic nitrogens is 3. The van der Waals surface area contributed by atoms with E-state index in [9.17, 15) is 0 Å². The van der Waals surface area contributed by atoms with Crippen molar-refractivity contribution in [2.75, 3.05) is 24.2 Å². The van der Waals surface area contributed by atoms with Crippen molar-refractivity contribution < 1.29 is 0 Å². The molecule has 2 aromatic rings. The van der Waals surface area contributed by atoms with Crippen LogP contribution >= 0.6 is 11.6 Å². The van der Waals surface area contributed by atoms with E-state index in [4.69, 9.17) is 11.6 Å². The van der Waals surface area contributed by atoms with Crippen molar-refractivity contribution in [3.63, 3.8) is 0 Å². The Kier molecular flexibility index (Phi) is 4.92. The number of rotatable bonds is 6. The number of hydrogen-bond donors (Lipinski definition) is 2. The summed E-state index contributed by atoms with van der Waals surface area (Å²) in [7, 11) is 1.74. The summed E-state index contributed by atoms with van der Waals surface area (Å²) in [5.41, 5.74) is 1.33. The first-order valence-electron chi connectivity index (χ1n) is 6.15. The van der Waals surface area contributed by atoms with Crippen molar-refractivity contribution in [2.45, 2.75) is 12.8 Å². The Labute approximate surface area is 117 Å². The Hall–Kier alpha value is -1.88. The number of nitrogens with zero attached hydrogens (tertiary/aromatic N) is 3. The third-order valence-corrected chi connectivity index (χ3v) is 2.77. The fraction of sp³-hybridized carbons (Fsp3) is 0.308. The molecule has 0 atom stereocenters. The lowest BCUT2D eigenvalue weighted by Crippen LogP contribution is -2.09. The number of halogens is 1. The normalized spacial score (nSPS) is 10.2. The zero-order valence-electron chi connectivity index (χ0n) is 10.7. The first kappa shape index (κ1) is 13.5. The van der Waals surface area contributed by atoms with E-state index in [0.29, 0.717) is 11.9 Å². The Morgan fingerprint density at radius 3 is 2.53 bits per heavy atom. The van der Waals surface area contributed by atoms with Gasteiger partial charge in [0, 0.05) is 13.6 Å². The van der Waals surface area contributed by atoms with Crippen LogP contribution in [0, 0.1) is 0 Å².